The molecule has 0 amide bonds. The molecule has 3 atom stereocenters. The molecule has 0 fully saturated rings. The smallest absolute Gasteiger partial charge is 0.315 e. The maximum absolute atomic E-state index is 13.4. The maximum Gasteiger partial charge on any atom is 0.315 e. The van der Waals surface area contributed by atoms with Crippen molar-refractivity contribution >= 4 is 20.6 Å². The summed E-state index contributed by atoms with van der Waals surface area (Å²) in [6.45, 7) is 17.8. The van der Waals surface area contributed by atoms with Crippen molar-refractivity contribution in [1.29, 1.82) is 0 Å². The van der Waals surface area contributed by atoms with E-state index in [1.165, 1.54) is 0 Å². The Morgan fingerprint density at radius 1 is 0.913 bits per heavy atom. The van der Waals surface area contributed by atoms with Gasteiger partial charge in [0.15, 0.2) is 8.32 Å². The first-order valence-corrected chi connectivity index (χ1v) is 19.0. The summed E-state index contributed by atoms with van der Waals surface area (Å²) < 4.78 is 35.7. The van der Waals surface area contributed by atoms with Gasteiger partial charge in [-0.2, -0.15) is 0 Å². The number of hydrogen-bond acceptors (Lipinski definition) is 8. The van der Waals surface area contributed by atoms with Crippen LogP contribution in [0.3, 0.4) is 0 Å². The lowest BCUT2D eigenvalue weighted by Crippen LogP contribution is -2.40. The van der Waals surface area contributed by atoms with E-state index in [4.69, 9.17) is 28.1 Å². The lowest BCUT2D eigenvalue weighted by atomic mass is 9.93. The Morgan fingerprint density at radius 2 is 1.57 bits per heavy atom. The Kier molecular flexibility index (Phi) is 16.3. The molecule has 46 heavy (non-hydrogen) atoms. The quantitative estimate of drug-likeness (QED) is 0.0333. The third kappa shape index (κ3) is 13.9. The molecule has 0 saturated carbocycles. The number of benzene rings is 2. The van der Waals surface area contributed by atoms with Crippen molar-refractivity contribution < 1.29 is 37.7 Å². The second-order valence-electron chi connectivity index (χ2n) is 13.7. The molecule has 0 N–H and O–H groups in total. The molecule has 9 heteroatoms. The molecule has 8 nitrogen and oxygen atoms in total. The normalized spacial score (nSPS) is 14.5. The van der Waals surface area contributed by atoms with Gasteiger partial charge in [0.1, 0.15) is 24.9 Å². The SMILES string of the molecule is COc1ccc(CO[C@H](C[C@@H](CCC=O)OC(=O)C(C)(C)/C=C/CO[Si](C)(C)C(C)(C)C)[C@@H](C)OCOCc2ccccc2)cc1. The summed E-state index contributed by atoms with van der Waals surface area (Å²) in [5, 5.41) is 0.0992. The first-order valence-electron chi connectivity index (χ1n) is 16.1. The highest BCUT2D eigenvalue weighted by molar-refractivity contribution is 6.74. The van der Waals surface area contributed by atoms with Gasteiger partial charge in [-0.15, -0.1) is 0 Å². The molecule has 2 aromatic carbocycles. The molecule has 0 heterocycles. The molecule has 0 aliphatic rings. The number of hydrogen-bond donors (Lipinski definition) is 0. The number of carbonyl (C=O) groups is 2. The topological polar surface area (TPSA) is 89.5 Å². The number of methoxy groups -OCH3 is 1. The van der Waals surface area contributed by atoms with Gasteiger partial charge in [-0.05, 0) is 68.6 Å². The van der Waals surface area contributed by atoms with Gasteiger partial charge in [-0.3, -0.25) is 4.79 Å². The number of aldehydes is 1. The average Bonchev–Trinajstić information content (AvgIpc) is 3.02. The Bertz CT molecular complexity index is 1190. The summed E-state index contributed by atoms with van der Waals surface area (Å²) in [6, 6.07) is 17.5. The van der Waals surface area contributed by atoms with Gasteiger partial charge in [0.25, 0.3) is 0 Å². The highest BCUT2D eigenvalue weighted by Gasteiger charge is 2.37. The summed E-state index contributed by atoms with van der Waals surface area (Å²) in [7, 11) is -0.281. The van der Waals surface area contributed by atoms with Gasteiger partial charge in [0.05, 0.1) is 44.6 Å². The Hall–Kier alpha value is -2.82. The number of esters is 1. The molecule has 0 unspecified atom stereocenters. The Labute approximate surface area is 277 Å². The highest BCUT2D eigenvalue weighted by Crippen LogP contribution is 2.36. The summed E-state index contributed by atoms with van der Waals surface area (Å²) >= 11 is 0. The van der Waals surface area contributed by atoms with Crippen molar-refractivity contribution in [1.82, 2.24) is 0 Å². The van der Waals surface area contributed by atoms with Crippen LogP contribution in [0.15, 0.2) is 66.7 Å². The number of carbonyl (C=O) groups excluding carboxylic acids is 2. The minimum Gasteiger partial charge on any atom is -0.497 e. The molecular weight excluding hydrogens is 600 g/mol. The Morgan fingerprint density at radius 3 is 2.17 bits per heavy atom. The van der Waals surface area contributed by atoms with Gasteiger partial charge in [-0.25, -0.2) is 0 Å². The molecule has 256 valence electrons. The van der Waals surface area contributed by atoms with Gasteiger partial charge in [0, 0.05) is 12.8 Å². The van der Waals surface area contributed by atoms with Gasteiger partial charge >= 0.3 is 5.97 Å². The first-order chi connectivity index (χ1) is 21.7. The first kappa shape index (κ1) is 39.4. The van der Waals surface area contributed by atoms with Crippen molar-refractivity contribution in [3.05, 3.63) is 77.9 Å². The van der Waals surface area contributed by atoms with Crippen LogP contribution in [0.1, 0.15) is 71.9 Å². The fourth-order valence-electron chi connectivity index (χ4n) is 4.24. The van der Waals surface area contributed by atoms with Crippen molar-refractivity contribution in [2.75, 3.05) is 20.5 Å². The van der Waals surface area contributed by atoms with Gasteiger partial charge < -0.3 is 32.9 Å². The van der Waals surface area contributed by atoms with Crippen LogP contribution in [-0.2, 0) is 46.2 Å². The van der Waals surface area contributed by atoms with E-state index >= 15 is 0 Å². The van der Waals surface area contributed by atoms with Crippen LogP contribution >= 0.6 is 0 Å². The minimum absolute atomic E-state index is 0.0754. The minimum atomic E-state index is -1.91. The molecule has 2 aromatic rings. The average molecular weight is 657 g/mol. The molecule has 0 radical (unpaired) electrons. The van der Waals surface area contributed by atoms with Crippen LogP contribution in [0, 0.1) is 5.41 Å². The van der Waals surface area contributed by atoms with E-state index < -0.39 is 25.9 Å². The molecular formula is C37H56O8Si. The van der Waals surface area contributed by atoms with E-state index in [1.807, 2.05) is 87.5 Å². The van der Waals surface area contributed by atoms with Crippen LogP contribution in [-0.4, -0.2) is 59.4 Å². The molecule has 0 bridgehead atoms. The van der Waals surface area contributed by atoms with E-state index in [0.717, 1.165) is 23.2 Å². The second-order valence-corrected chi connectivity index (χ2v) is 18.5. The Balaban J connectivity index is 2.10. The monoisotopic (exact) mass is 656 g/mol. The zero-order valence-electron chi connectivity index (χ0n) is 29.4. The molecule has 0 spiro atoms. The fraction of sp³-hybridized carbons (Fsp3) is 0.568. The molecule has 0 aliphatic carbocycles. The van der Waals surface area contributed by atoms with Gasteiger partial charge in [0.2, 0.25) is 0 Å². The van der Waals surface area contributed by atoms with Crippen LogP contribution in [0.5, 0.6) is 5.75 Å². The molecule has 0 saturated heterocycles. The van der Waals surface area contributed by atoms with Gasteiger partial charge in [-0.1, -0.05) is 75.4 Å². The zero-order chi connectivity index (χ0) is 34.2. The van der Waals surface area contributed by atoms with Crippen LogP contribution in [0.4, 0.5) is 0 Å². The van der Waals surface area contributed by atoms with Crippen molar-refractivity contribution in [2.24, 2.45) is 5.41 Å². The molecule has 0 aromatic heterocycles. The number of ether oxygens (including phenoxy) is 5. The summed E-state index contributed by atoms with van der Waals surface area (Å²) in [4.78, 5) is 24.8. The second kappa shape index (κ2) is 19.1. The third-order valence-electron chi connectivity index (χ3n) is 8.46. The van der Waals surface area contributed by atoms with E-state index in [0.29, 0.717) is 32.7 Å². The van der Waals surface area contributed by atoms with E-state index in [2.05, 4.69) is 33.9 Å². The highest BCUT2D eigenvalue weighted by atomic mass is 28.4. The summed E-state index contributed by atoms with van der Waals surface area (Å²) in [5.41, 5.74) is 1.13. The van der Waals surface area contributed by atoms with E-state index in [9.17, 15) is 9.59 Å². The van der Waals surface area contributed by atoms with Crippen molar-refractivity contribution in [3.8, 4) is 5.75 Å². The molecule has 0 aliphatic heterocycles. The number of rotatable bonds is 21. The van der Waals surface area contributed by atoms with E-state index in [-0.39, 0.29) is 30.3 Å². The van der Waals surface area contributed by atoms with Crippen LogP contribution in [0.2, 0.25) is 18.1 Å². The van der Waals surface area contributed by atoms with Crippen molar-refractivity contribution in [2.45, 2.75) is 110 Å². The third-order valence-corrected chi connectivity index (χ3v) is 13.0. The van der Waals surface area contributed by atoms with E-state index in [1.54, 1.807) is 7.11 Å². The van der Waals surface area contributed by atoms with Crippen molar-refractivity contribution in [3.63, 3.8) is 0 Å². The summed E-state index contributed by atoms with van der Waals surface area (Å²) in [6.07, 6.45) is 4.19. The van der Waals surface area contributed by atoms with Crippen LogP contribution < -0.4 is 4.74 Å². The predicted octanol–water partition coefficient (Wildman–Crippen LogP) is 8.05. The lowest BCUT2D eigenvalue weighted by Gasteiger charge is -2.35. The summed E-state index contributed by atoms with van der Waals surface area (Å²) in [5.74, 6) is 0.386. The van der Waals surface area contributed by atoms with Crippen LogP contribution in [0.25, 0.3) is 0 Å². The lowest BCUT2D eigenvalue weighted by molar-refractivity contribution is -0.166. The molecule has 2 rings (SSSR count). The zero-order valence-corrected chi connectivity index (χ0v) is 30.4. The maximum atomic E-state index is 13.4. The standard InChI is InChI=1S/C37H56O8Si/c1-29(43-28-41-26-30-15-11-10-12-16-30)34(42-27-31-18-20-32(40-7)21-19-31)25-33(17-13-23-38)45-35(39)37(5,6)22-14-24-44-46(8,9)36(2,3)4/h10-12,14-16,18-23,29,33-34H,13,17,24-28H2,1-9H3/b22-14+/t29-,33-,34-/m1/s1. The largest absolute Gasteiger partial charge is 0.497 e. The fourth-order valence-corrected chi connectivity index (χ4v) is 5.19. The predicted molar refractivity (Wildman–Crippen MR) is 184 cm³/mol.